The number of nitrogens with one attached hydrogen (secondary N) is 2. The second-order valence-electron chi connectivity index (χ2n) is 7.11. The maximum Gasteiger partial charge on any atom is 0.241 e. The van der Waals surface area contributed by atoms with Crippen LogP contribution < -0.4 is 10.9 Å². The minimum atomic E-state index is -3.12. The summed E-state index contributed by atoms with van der Waals surface area (Å²) in [6.07, 6.45) is 0.743. The van der Waals surface area contributed by atoms with Gasteiger partial charge in [-0.25, -0.2) is 13.8 Å². The Hall–Kier alpha value is -1.48. The molecule has 0 aliphatic carbocycles. The summed E-state index contributed by atoms with van der Waals surface area (Å²) in [7, 11) is -3.12. The Morgan fingerprint density at radius 3 is 2.60 bits per heavy atom. The van der Waals surface area contributed by atoms with Crippen molar-refractivity contribution in [1.82, 2.24) is 20.7 Å². The summed E-state index contributed by atoms with van der Waals surface area (Å²) >= 11 is 0. The number of hydrogen-bond donors (Lipinski definition) is 2. The highest BCUT2D eigenvalue weighted by Crippen LogP contribution is 2.29. The van der Waals surface area contributed by atoms with Gasteiger partial charge < -0.3 is 4.90 Å². The van der Waals surface area contributed by atoms with Crippen molar-refractivity contribution in [3.05, 3.63) is 35.9 Å². The lowest BCUT2D eigenvalue weighted by Gasteiger charge is -2.44. The van der Waals surface area contributed by atoms with Crippen molar-refractivity contribution in [1.29, 1.82) is 0 Å². The number of sulfone groups is 1. The van der Waals surface area contributed by atoms with Gasteiger partial charge in [0.25, 0.3) is 0 Å². The first-order valence-corrected chi connectivity index (χ1v) is 10.6. The van der Waals surface area contributed by atoms with Gasteiger partial charge in [0.05, 0.1) is 17.5 Å². The van der Waals surface area contributed by atoms with Crippen LogP contribution in [0.15, 0.2) is 30.3 Å². The highest BCUT2D eigenvalue weighted by Gasteiger charge is 2.48. The third kappa shape index (κ3) is 3.44. The molecule has 4 rings (SSSR count). The average molecular weight is 364 g/mol. The van der Waals surface area contributed by atoms with Crippen LogP contribution in [0.3, 0.4) is 0 Å². The number of amides is 1. The molecule has 8 heteroatoms. The van der Waals surface area contributed by atoms with Crippen LogP contribution in [0.2, 0.25) is 0 Å². The van der Waals surface area contributed by atoms with Gasteiger partial charge in [0.15, 0.2) is 9.84 Å². The van der Waals surface area contributed by atoms with Crippen molar-refractivity contribution in [3.8, 4) is 0 Å². The lowest BCUT2D eigenvalue weighted by Crippen LogP contribution is -2.62. The summed E-state index contributed by atoms with van der Waals surface area (Å²) < 4.78 is 24.6. The molecular formula is C17H24N4O3S. The molecule has 3 atom stereocenters. The third-order valence-electron chi connectivity index (χ3n) is 5.43. The van der Waals surface area contributed by atoms with Crippen LogP contribution in [-0.4, -0.2) is 73.4 Å². The summed E-state index contributed by atoms with van der Waals surface area (Å²) in [4.78, 5) is 16.9. The first-order valence-electron chi connectivity index (χ1n) is 8.81. The molecule has 0 aromatic heterocycles. The summed E-state index contributed by atoms with van der Waals surface area (Å²) in [5.74, 6) is 0.246. The maximum absolute atomic E-state index is 12.8. The number of benzene rings is 1. The van der Waals surface area contributed by atoms with E-state index in [-0.39, 0.29) is 35.5 Å². The van der Waals surface area contributed by atoms with Crippen LogP contribution in [0, 0.1) is 0 Å². The molecule has 3 saturated heterocycles. The van der Waals surface area contributed by atoms with Crippen LogP contribution in [0.5, 0.6) is 0 Å². The molecule has 136 valence electrons. The van der Waals surface area contributed by atoms with Crippen LogP contribution in [0.1, 0.15) is 12.0 Å². The lowest BCUT2D eigenvalue weighted by atomic mass is 10.0. The van der Waals surface area contributed by atoms with E-state index in [4.69, 9.17) is 0 Å². The molecule has 1 unspecified atom stereocenters. The highest BCUT2D eigenvalue weighted by molar-refractivity contribution is 7.91. The van der Waals surface area contributed by atoms with Gasteiger partial charge in [-0.15, -0.1) is 0 Å². The smallest absolute Gasteiger partial charge is 0.241 e. The molecule has 0 spiro atoms. The topological polar surface area (TPSA) is 81.8 Å². The molecule has 0 radical (unpaired) electrons. The Morgan fingerprint density at radius 2 is 1.88 bits per heavy atom. The van der Waals surface area contributed by atoms with E-state index < -0.39 is 9.84 Å². The molecular weight excluding hydrogens is 340 g/mol. The number of hydrogen-bond acceptors (Lipinski definition) is 6. The van der Waals surface area contributed by atoms with Crippen LogP contribution >= 0.6 is 0 Å². The Bertz CT molecular complexity index is 734. The minimum absolute atomic E-state index is 0.0245. The number of carbonyl (C=O) groups excluding carboxylic acids is 1. The maximum atomic E-state index is 12.8. The van der Waals surface area contributed by atoms with Gasteiger partial charge >= 0.3 is 0 Å². The van der Waals surface area contributed by atoms with Gasteiger partial charge in [-0.05, 0) is 12.0 Å². The van der Waals surface area contributed by atoms with Crippen LogP contribution in [-0.2, 0) is 21.2 Å². The number of fused-ring (bicyclic) bond motifs is 1. The van der Waals surface area contributed by atoms with E-state index in [0.29, 0.717) is 13.1 Å². The summed E-state index contributed by atoms with van der Waals surface area (Å²) in [5, 5.41) is 0. The fraction of sp³-hybridized carbons (Fsp3) is 0.588. The Balaban J connectivity index is 1.54. The van der Waals surface area contributed by atoms with Gasteiger partial charge in [-0.2, -0.15) is 0 Å². The van der Waals surface area contributed by atoms with Crippen molar-refractivity contribution in [2.24, 2.45) is 0 Å². The average Bonchev–Trinajstić information content (AvgIpc) is 3.22. The molecule has 3 aliphatic rings. The fourth-order valence-electron chi connectivity index (χ4n) is 4.18. The van der Waals surface area contributed by atoms with Crippen LogP contribution in [0.4, 0.5) is 0 Å². The standard InChI is InChI=1S/C17H24N4O3S/c22-17(14-6-7-18-19-14)21-9-8-20(10-13-4-2-1-3-5-13)15-11-25(23,24)12-16(15)21/h1-5,14-16,18-19H,6-12H2/t14?,15-,16+/m1/s1. The van der Waals surface area contributed by atoms with Crippen molar-refractivity contribution in [2.75, 3.05) is 31.1 Å². The Morgan fingerprint density at radius 1 is 1.12 bits per heavy atom. The van der Waals surface area contributed by atoms with E-state index in [1.165, 1.54) is 5.56 Å². The largest absolute Gasteiger partial charge is 0.334 e. The molecule has 1 aromatic rings. The number of nitrogens with zero attached hydrogens (tertiary/aromatic N) is 2. The first-order chi connectivity index (χ1) is 12.0. The van der Waals surface area contributed by atoms with Gasteiger partial charge in [-0.3, -0.25) is 15.1 Å². The molecule has 3 heterocycles. The zero-order valence-electron chi connectivity index (χ0n) is 14.1. The predicted molar refractivity (Wildman–Crippen MR) is 94.3 cm³/mol. The number of piperazine rings is 1. The molecule has 1 aromatic carbocycles. The van der Waals surface area contributed by atoms with Crippen molar-refractivity contribution in [2.45, 2.75) is 31.1 Å². The SMILES string of the molecule is O=C(C1CCNN1)N1CCN(Cc2ccccc2)[C@@H]2CS(=O)(=O)C[C@@H]21. The fourth-order valence-corrected chi connectivity index (χ4v) is 6.19. The lowest BCUT2D eigenvalue weighted by molar-refractivity contribution is -0.139. The molecule has 0 bridgehead atoms. The van der Waals surface area contributed by atoms with Crippen LogP contribution in [0.25, 0.3) is 0 Å². The monoisotopic (exact) mass is 364 g/mol. The molecule has 2 N–H and O–H groups in total. The molecule has 0 saturated carbocycles. The van der Waals surface area contributed by atoms with Gasteiger partial charge in [0.1, 0.15) is 6.04 Å². The second kappa shape index (κ2) is 6.68. The van der Waals surface area contributed by atoms with E-state index >= 15 is 0 Å². The van der Waals surface area contributed by atoms with Crippen molar-refractivity contribution < 1.29 is 13.2 Å². The molecule has 25 heavy (non-hydrogen) atoms. The zero-order chi connectivity index (χ0) is 17.4. The third-order valence-corrected chi connectivity index (χ3v) is 7.13. The van der Waals surface area contributed by atoms with E-state index in [0.717, 1.165) is 19.5 Å². The van der Waals surface area contributed by atoms with E-state index in [2.05, 4.69) is 27.9 Å². The predicted octanol–water partition coefficient (Wildman–Crippen LogP) is -0.637. The van der Waals surface area contributed by atoms with Gasteiger partial charge in [0.2, 0.25) is 5.91 Å². The Labute approximate surface area is 148 Å². The van der Waals surface area contributed by atoms with Gasteiger partial charge in [0, 0.05) is 32.2 Å². The van der Waals surface area contributed by atoms with E-state index in [9.17, 15) is 13.2 Å². The first kappa shape index (κ1) is 17.0. The zero-order valence-corrected chi connectivity index (χ0v) is 14.9. The molecule has 1 amide bonds. The van der Waals surface area contributed by atoms with Crippen molar-refractivity contribution >= 4 is 15.7 Å². The number of carbonyl (C=O) groups is 1. The van der Waals surface area contributed by atoms with Crippen molar-refractivity contribution in [3.63, 3.8) is 0 Å². The summed E-state index contributed by atoms with van der Waals surface area (Å²) in [5.41, 5.74) is 7.16. The molecule has 3 aliphatic heterocycles. The number of hydrazine groups is 1. The molecule has 7 nitrogen and oxygen atoms in total. The minimum Gasteiger partial charge on any atom is -0.334 e. The molecule has 3 fully saturated rings. The summed E-state index contributed by atoms with van der Waals surface area (Å²) in [6, 6.07) is 9.49. The van der Waals surface area contributed by atoms with Gasteiger partial charge in [-0.1, -0.05) is 30.3 Å². The second-order valence-corrected chi connectivity index (χ2v) is 9.27. The number of rotatable bonds is 3. The normalized spacial score (nSPS) is 31.8. The van der Waals surface area contributed by atoms with E-state index in [1.54, 1.807) is 4.90 Å². The Kier molecular flexibility index (Phi) is 4.53. The quantitative estimate of drug-likeness (QED) is 0.743. The summed E-state index contributed by atoms with van der Waals surface area (Å²) in [6.45, 7) is 2.78. The highest BCUT2D eigenvalue weighted by atomic mass is 32.2. The van der Waals surface area contributed by atoms with E-state index in [1.807, 2.05) is 18.2 Å².